The number of rotatable bonds is 2. The SMILES string of the molecule is CO[CH]C1C(C)C1C. The molecule has 2 unspecified atom stereocenters. The van der Waals surface area contributed by atoms with Crippen molar-refractivity contribution in [1.82, 2.24) is 0 Å². The van der Waals surface area contributed by atoms with Crippen LogP contribution in [-0.2, 0) is 4.74 Å². The van der Waals surface area contributed by atoms with Crippen LogP contribution in [0.1, 0.15) is 13.8 Å². The third-order valence-electron chi connectivity index (χ3n) is 2.20. The molecule has 0 spiro atoms. The summed E-state index contributed by atoms with van der Waals surface area (Å²) in [5.41, 5.74) is 0. The lowest BCUT2D eigenvalue weighted by molar-refractivity contribution is 0.252. The van der Waals surface area contributed by atoms with Crippen molar-refractivity contribution in [2.75, 3.05) is 7.11 Å². The lowest BCUT2D eigenvalue weighted by atomic mass is 10.4. The van der Waals surface area contributed by atoms with E-state index in [0.29, 0.717) is 0 Å². The smallest absolute Gasteiger partial charge is 0.0869 e. The summed E-state index contributed by atoms with van der Waals surface area (Å²) in [5.74, 6) is 2.45. The fraction of sp³-hybridized carbons (Fsp3) is 0.857. The highest BCUT2D eigenvalue weighted by atomic mass is 16.5. The molecule has 0 amide bonds. The molecule has 8 heavy (non-hydrogen) atoms. The van der Waals surface area contributed by atoms with E-state index < -0.39 is 0 Å². The summed E-state index contributed by atoms with van der Waals surface area (Å²) in [7, 11) is 1.72. The first-order valence-electron chi connectivity index (χ1n) is 3.13. The number of hydrogen-bond acceptors (Lipinski definition) is 1. The topological polar surface area (TPSA) is 9.23 Å². The van der Waals surface area contributed by atoms with Crippen molar-refractivity contribution >= 4 is 0 Å². The van der Waals surface area contributed by atoms with Crippen LogP contribution in [0, 0.1) is 24.4 Å². The van der Waals surface area contributed by atoms with Gasteiger partial charge in [-0.05, 0) is 17.8 Å². The van der Waals surface area contributed by atoms with Crippen LogP contribution in [0.4, 0.5) is 0 Å². The molecule has 2 atom stereocenters. The van der Waals surface area contributed by atoms with Crippen molar-refractivity contribution in [1.29, 1.82) is 0 Å². The van der Waals surface area contributed by atoms with Gasteiger partial charge >= 0.3 is 0 Å². The lowest BCUT2D eigenvalue weighted by Crippen LogP contribution is -1.83. The summed E-state index contributed by atoms with van der Waals surface area (Å²) in [4.78, 5) is 0. The summed E-state index contributed by atoms with van der Waals surface area (Å²) < 4.78 is 4.88. The van der Waals surface area contributed by atoms with E-state index in [9.17, 15) is 0 Å². The number of ether oxygens (including phenoxy) is 1. The summed E-state index contributed by atoms with van der Waals surface area (Å²) in [6.07, 6.45) is 0. The molecular formula is C7H13O. The van der Waals surface area contributed by atoms with Crippen LogP contribution in [0.3, 0.4) is 0 Å². The van der Waals surface area contributed by atoms with Crippen LogP contribution in [0.2, 0.25) is 0 Å². The zero-order valence-electron chi connectivity index (χ0n) is 5.72. The van der Waals surface area contributed by atoms with Crippen LogP contribution in [-0.4, -0.2) is 7.11 Å². The van der Waals surface area contributed by atoms with Gasteiger partial charge in [0.05, 0.1) is 6.61 Å². The molecule has 1 heteroatoms. The Kier molecular flexibility index (Phi) is 1.57. The normalized spacial score (nSPS) is 44.6. The van der Waals surface area contributed by atoms with Gasteiger partial charge in [-0.1, -0.05) is 13.8 Å². The molecule has 1 aliphatic rings. The molecule has 0 saturated heterocycles. The van der Waals surface area contributed by atoms with Gasteiger partial charge in [0.25, 0.3) is 0 Å². The molecule has 1 saturated carbocycles. The minimum atomic E-state index is 0.736. The maximum atomic E-state index is 4.88. The Bertz CT molecular complexity index is 72.5. The zero-order valence-corrected chi connectivity index (χ0v) is 5.72. The Morgan fingerprint density at radius 2 is 1.75 bits per heavy atom. The van der Waals surface area contributed by atoms with Gasteiger partial charge < -0.3 is 4.74 Å². The van der Waals surface area contributed by atoms with Crippen molar-refractivity contribution in [3.8, 4) is 0 Å². The largest absolute Gasteiger partial charge is 0.378 e. The summed E-state index contributed by atoms with van der Waals surface area (Å²) in [5, 5.41) is 0. The van der Waals surface area contributed by atoms with Crippen LogP contribution >= 0.6 is 0 Å². The third-order valence-corrected chi connectivity index (χ3v) is 2.20. The molecule has 0 aromatic rings. The monoisotopic (exact) mass is 113 g/mol. The Morgan fingerprint density at radius 1 is 1.25 bits per heavy atom. The van der Waals surface area contributed by atoms with Crippen molar-refractivity contribution in [2.45, 2.75) is 13.8 Å². The third kappa shape index (κ3) is 0.873. The zero-order chi connectivity index (χ0) is 6.15. The van der Waals surface area contributed by atoms with Crippen LogP contribution < -0.4 is 0 Å². The molecular weight excluding hydrogens is 100 g/mol. The highest BCUT2D eigenvalue weighted by Gasteiger charge is 2.42. The molecule has 0 N–H and O–H groups in total. The maximum Gasteiger partial charge on any atom is 0.0869 e. The molecule has 0 heterocycles. The lowest BCUT2D eigenvalue weighted by Gasteiger charge is -1.89. The van der Waals surface area contributed by atoms with Gasteiger partial charge in [-0.15, -0.1) is 0 Å². The average Bonchev–Trinajstić information content (AvgIpc) is 2.25. The predicted octanol–water partition coefficient (Wildman–Crippen LogP) is 1.70. The molecule has 47 valence electrons. The molecule has 1 aliphatic carbocycles. The highest BCUT2D eigenvalue weighted by Crippen LogP contribution is 2.46. The average molecular weight is 113 g/mol. The van der Waals surface area contributed by atoms with Crippen molar-refractivity contribution in [2.24, 2.45) is 17.8 Å². The second-order valence-electron chi connectivity index (χ2n) is 2.67. The van der Waals surface area contributed by atoms with Crippen molar-refractivity contribution < 1.29 is 4.74 Å². The quantitative estimate of drug-likeness (QED) is 0.529. The van der Waals surface area contributed by atoms with E-state index in [1.165, 1.54) is 0 Å². The summed E-state index contributed by atoms with van der Waals surface area (Å²) >= 11 is 0. The maximum absolute atomic E-state index is 4.88. The second kappa shape index (κ2) is 2.06. The predicted molar refractivity (Wildman–Crippen MR) is 33.1 cm³/mol. The summed E-state index contributed by atoms with van der Waals surface area (Å²) in [6.45, 7) is 6.45. The Morgan fingerprint density at radius 3 is 1.88 bits per heavy atom. The van der Waals surface area contributed by atoms with Gasteiger partial charge in [0.2, 0.25) is 0 Å². The fourth-order valence-corrected chi connectivity index (χ4v) is 1.11. The number of hydrogen-bond donors (Lipinski definition) is 0. The fourth-order valence-electron chi connectivity index (χ4n) is 1.11. The van der Waals surface area contributed by atoms with E-state index in [2.05, 4.69) is 13.8 Å². The number of methoxy groups -OCH3 is 1. The minimum absolute atomic E-state index is 0.736. The van der Waals surface area contributed by atoms with Gasteiger partial charge in [0, 0.05) is 7.11 Å². The molecule has 1 fully saturated rings. The van der Waals surface area contributed by atoms with E-state index in [-0.39, 0.29) is 0 Å². The second-order valence-corrected chi connectivity index (χ2v) is 2.67. The van der Waals surface area contributed by atoms with Crippen LogP contribution in [0.5, 0.6) is 0 Å². The van der Waals surface area contributed by atoms with Gasteiger partial charge in [-0.3, -0.25) is 0 Å². The van der Waals surface area contributed by atoms with Gasteiger partial charge in [-0.2, -0.15) is 0 Å². The van der Waals surface area contributed by atoms with E-state index in [4.69, 9.17) is 4.74 Å². The van der Waals surface area contributed by atoms with E-state index >= 15 is 0 Å². The van der Waals surface area contributed by atoms with E-state index in [0.717, 1.165) is 17.8 Å². The summed E-state index contributed by atoms with van der Waals surface area (Å²) in [6, 6.07) is 0. The molecule has 0 aromatic carbocycles. The van der Waals surface area contributed by atoms with E-state index in [1.54, 1.807) is 7.11 Å². The molecule has 0 bridgehead atoms. The van der Waals surface area contributed by atoms with Crippen LogP contribution in [0.15, 0.2) is 0 Å². The molecule has 1 rings (SSSR count). The first-order valence-corrected chi connectivity index (χ1v) is 3.13. The molecule has 0 aromatic heterocycles. The standard InChI is InChI=1S/C7H13O/c1-5-6(2)7(5)4-8-3/h4-7H,1-3H3. The first-order chi connectivity index (χ1) is 3.77. The highest BCUT2D eigenvalue weighted by molar-refractivity contribution is 4.95. The van der Waals surface area contributed by atoms with Crippen molar-refractivity contribution in [3.63, 3.8) is 0 Å². The Hall–Kier alpha value is -0.0400. The Balaban J connectivity index is 2.13. The van der Waals surface area contributed by atoms with Crippen molar-refractivity contribution in [3.05, 3.63) is 6.61 Å². The molecule has 1 radical (unpaired) electrons. The molecule has 0 aliphatic heterocycles. The van der Waals surface area contributed by atoms with Gasteiger partial charge in [-0.25, -0.2) is 0 Å². The molecule has 1 nitrogen and oxygen atoms in total. The van der Waals surface area contributed by atoms with Gasteiger partial charge in [0.1, 0.15) is 0 Å². The minimum Gasteiger partial charge on any atom is -0.378 e. The van der Waals surface area contributed by atoms with Crippen LogP contribution in [0.25, 0.3) is 0 Å². The van der Waals surface area contributed by atoms with Gasteiger partial charge in [0.15, 0.2) is 0 Å². The Labute approximate surface area is 51.0 Å². The first kappa shape index (κ1) is 6.09. The van der Waals surface area contributed by atoms with E-state index in [1.807, 2.05) is 6.61 Å².